The number of hydroxylamine groups is 1. The lowest BCUT2D eigenvalue weighted by Crippen LogP contribution is -2.14. The molecule has 3 N–H and O–H groups in total. The highest BCUT2D eigenvalue weighted by molar-refractivity contribution is 5.90. The highest BCUT2D eigenvalue weighted by Crippen LogP contribution is 2.26. The zero-order valence-corrected chi connectivity index (χ0v) is 18.7. The summed E-state index contributed by atoms with van der Waals surface area (Å²) < 4.78 is 0. The Hall–Kier alpha value is -3.61. The van der Waals surface area contributed by atoms with Gasteiger partial charge in [-0.15, -0.1) is 12.4 Å². The number of imidazole rings is 1. The molecule has 0 saturated carbocycles. The fourth-order valence-electron chi connectivity index (χ4n) is 3.43. The summed E-state index contributed by atoms with van der Waals surface area (Å²) >= 11 is 0. The van der Waals surface area contributed by atoms with Crippen LogP contribution in [0, 0.1) is 0 Å². The second-order valence-corrected chi connectivity index (χ2v) is 7.58. The number of rotatable bonds is 6. The van der Waals surface area contributed by atoms with Crippen LogP contribution in [0.15, 0.2) is 72.8 Å². The van der Waals surface area contributed by atoms with Crippen molar-refractivity contribution in [3.05, 3.63) is 89.8 Å². The van der Waals surface area contributed by atoms with Crippen LogP contribution in [0.2, 0.25) is 0 Å². The Morgan fingerprint density at radius 2 is 1.72 bits per heavy atom. The summed E-state index contributed by atoms with van der Waals surface area (Å²) in [6.07, 6.45) is 3.60. The topological polar surface area (TPSA) is 81.2 Å². The van der Waals surface area contributed by atoms with Gasteiger partial charge in [0, 0.05) is 32.3 Å². The minimum Gasteiger partial charge on any atom is -0.378 e. The number of aromatic amines is 1. The number of H-pyrrole nitrogens is 1. The second-order valence-electron chi connectivity index (χ2n) is 7.58. The predicted molar refractivity (Wildman–Crippen MR) is 131 cm³/mol. The molecule has 1 aromatic heterocycles. The molecule has 0 bridgehead atoms. The Labute approximate surface area is 193 Å². The number of amides is 1. The Morgan fingerprint density at radius 3 is 2.38 bits per heavy atom. The summed E-state index contributed by atoms with van der Waals surface area (Å²) in [6, 6.07) is 22.6. The highest BCUT2D eigenvalue weighted by atomic mass is 35.5. The zero-order valence-electron chi connectivity index (χ0n) is 17.9. The molecular weight excluding hydrogens is 424 g/mol. The molecule has 0 fully saturated rings. The summed E-state index contributed by atoms with van der Waals surface area (Å²) in [5.41, 5.74) is 9.01. The number of fused-ring (bicyclic) bond motifs is 1. The molecule has 7 heteroatoms. The van der Waals surface area contributed by atoms with Crippen molar-refractivity contribution in [1.82, 2.24) is 15.4 Å². The van der Waals surface area contributed by atoms with Gasteiger partial charge in [-0.3, -0.25) is 10.0 Å². The van der Waals surface area contributed by atoms with Crippen LogP contribution in [-0.4, -0.2) is 35.2 Å². The molecular formula is C25H25ClN4O2. The third kappa shape index (κ3) is 5.35. The van der Waals surface area contributed by atoms with Gasteiger partial charge in [-0.25, -0.2) is 10.5 Å². The molecule has 0 aliphatic heterocycles. The van der Waals surface area contributed by atoms with Gasteiger partial charge < -0.3 is 9.88 Å². The third-order valence-electron chi connectivity index (χ3n) is 5.14. The number of nitrogens with one attached hydrogen (secondary N) is 2. The maximum atomic E-state index is 11.1. The van der Waals surface area contributed by atoms with Crippen molar-refractivity contribution in [2.75, 3.05) is 19.0 Å². The van der Waals surface area contributed by atoms with Crippen LogP contribution in [0.4, 0.5) is 5.69 Å². The molecule has 1 amide bonds. The monoisotopic (exact) mass is 448 g/mol. The van der Waals surface area contributed by atoms with Crippen LogP contribution < -0.4 is 10.4 Å². The first-order valence-electron chi connectivity index (χ1n) is 9.99. The molecule has 3 aromatic carbocycles. The van der Waals surface area contributed by atoms with Crippen LogP contribution in [0.25, 0.3) is 28.2 Å². The van der Waals surface area contributed by atoms with Crippen molar-refractivity contribution in [1.29, 1.82) is 0 Å². The lowest BCUT2D eigenvalue weighted by atomic mass is 10.0. The van der Waals surface area contributed by atoms with Gasteiger partial charge in [-0.2, -0.15) is 0 Å². The molecule has 4 aromatic rings. The minimum atomic E-state index is -0.556. The van der Waals surface area contributed by atoms with E-state index in [9.17, 15) is 4.79 Å². The summed E-state index contributed by atoms with van der Waals surface area (Å²) in [4.78, 5) is 21.3. The van der Waals surface area contributed by atoms with E-state index in [1.165, 1.54) is 17.3 Å². The van der Waals surface area contributed by atoms with Crippen LogP contribution in [0.3, 0.4) is 0 Å². The van der Waals surface area contributed by atoms with Crippen LogP contribution in [0.1, 0.15) is 17.0 Å². The third-order valence-corrected chi connectivity index (χ3v) is 5.14. The number of benzene rings is 3. The fraction of sp³-hybridized carbons (Fsp3) is 0.120. The number of carbonyl (C=O) groups excluding carboxylic acids is 1. The Bertz CT molecular complexity index is 1230. The van der Waals surface area contributed by atoms with Gasteiger partial charge in [-0.1, -0.05) is 42.5 Å². The number of hydrogen-bond donors (Lipinski definition) is 3. The van der Waals surface area contributed by atoms with E-state index >= 15 is 0 Å². The molecule has 0 spiro atoms. The number of aromatic nitrogens is 2. The largest absolute Gasteiger partial charge is 0.378 e. The zero-order chi connectivity index (χ0) is 21.8. The van der Waals surface area contributed by atoms with E-state index in [0.29, 0.717) is 6.42 Å². The van der Waals surface area contributed by atoms with E-state index in [1.54, 1.807) is 11.6 Å². The maximum Gasteiger partial charge on any atom is 0.267 e. The van der Waals surface area contributed by atoms with Crippen LogP contribution in [-0.2, 0) is 11.2 Å². The number of anilines is 1. The van der Waals surface area contributed by atoms with Gasteiger partial charge in [0.15, 0.2) is 0 Å². The Morgan fingerprint density at radius 1 is 1.03 bits per heavy atom. The highest BCUT2D eigenvalue weighted by Gasteiger charge is 2.07. The average Bonchev–Trinajstić information content (AvgIpc) is 3.19. The molecule has 0 aliphatic rings. The van der Waals surface area contributed by atoms with E-state index < -0.39 is 5.91 Å². The minimum absolute atomic E-state index is 0. The lowest BCUT2D eigenvalue weighted by molar-refractivity contribution is -0.124. The number of hydrogen-bond acceptors (Lipinski definition) is 4. The Balaban J connectivity index is 0.00000289. The van der Waals surface area contributed by atoms with Crippen LogP contribution >= 0.6 is 12.4 Å². The first kappa shape index (κ1) is 23.1. The molecule has 0 aliphatic carbocycles. The lowest BCUT2D eigenvalue weighted by Gasteiger charge is -2.12. The van der Waals surface area contributed by atoms with Gasteiger partial charge in [-0.05, 0) is 52.6 Å². The molecule has 164 valence electrons. The maximum absolute atomic E-state index is 11.1. The first-order chi connectivity index (χ1) is 15.0. The molecule has 1 heterocycles. The van der Waals surface area contributed by atoms with Crippen molar-refractivity contribution in [3.8, 4) is 11.1 Å². The van der Waals surface area contributed by atoms with Gasteiger partial charge >= 0.3 is 0 Å². The van der Waals surface area contributed by atoms with Crippen molar-refractivity contribution in [2.24, 2.45) is 0 Å². The molecule has 0 saturated heterocycles. The summed E-state index contributed by atoms with van der Waals surface area (Å²) in [7, 11) is 4.07. The molecule has 0 atom stereocenters. The predicted octanol–water partition coefficient (Wildman–Crippen LogP) is 4.83. The molecule has 32 heavy (non-hydrogen) atoms. The van der Waals surface area contributed by atoms with E-state index in [0.717, 1.165) is 33.5 Å². The quantitative estimate of drug-likeness (QED) is 0.224. The van der Waals surface area contributed by atoms with Gasteiger partial charge in [0.25, 0.3) is 5.91 Å². The molecule has 0 unspecified atom stereocenters. The average molecular weight is 449 g/mol. The first-order valence-corrected chi connectivity index (χ1v) is 9.99. The summed E-state index contributed by atoms with van der Waals surface area (Å²) in [6.45, 7) is 0. The standard InChI is InChI=1S/C25H24N4O2.ClH/c1-29(2)21-11-8-19(9-12-21)20-10-13-22-23(16-20)27-24(26-22)15-18-5-3-17(4-6-18)7-14-25(30)28-31;/h3-14,16,31H,15H2,1-2H3,(H,26,27)(H,28,30);1H/b14-7+;. The van der Waals surface area contributed by atoms with Gasteiger partial charge in [0.2, 0.25) is 0 Å². The number of halogens is 1. The number of carbonyl (C=O) groups is 1. The summed E-state index contributed by atoms with van der Waals surface area (Å²) in [5, 5.41) is 8.53. The van der Waals surface area contributed by atoms with Crippen molar-refractivity contribution in [3.63, 3.8) is 0 Å². The molecule has 0 radical (unpaired) electrons. The van der Waals surface area contributed by atoms with Crippen molar-refractivity contribution >= 4 is 41.1 Å². The van der Waals surface area contributed by atoms with E-state index in [4.69, 9.17) is 10.2 Å². The van der Waals surface area contributed by atoms with Crippen molar-refractivity contribution < 1.29 is 10.0 Å². The SMILES string of the molecule is CN(C)c1ccc(-c2ccc3nc(Cc4ccc(/C=C/C(=O)NO)cc4)[nH]c3c2)cc1.Cl. The smallest absolute Gasteiger partial charge is 0.267 e. The second kappa shape index (κ2) is 10.1. The van der Waals surface area contributed by atoms with E-state index in [2.05, 4.69) is 46.3 Å². The summed E-state index contributed by atoms with van der Waals surface area (Å²) in [5.74, 6) is 0.345. The van der Waals surface area contributed by atoms with Crippen LogP contribution in [0.5, 0.6) is 0 Å². The fourth-order valence-corrected chi connectivity index (χ4v) is 3.43. The van der Waals surface area contributed by atoms with Gasteiger partial charge in [0.05, 0.1) is 11.0 Å². The van der Waals surface area contributed by atoms with Crippen molar-refractivity contribution in [2.45, 2.75) is 6.42 Å². The molecule has 6 nitrogen and oxygen atoms in total. The van der Waals surface area contributed by atoms with E-state index in [1.807, 2.05) is 44.4 Å². The van der Waals surface area contributed by atoms with Gasteiger partial charge in [0.1, 0.15) is 5.82 Å². The van der Waals surface area contributed by atoms with E-state index in [-0.39, 0.29) is 12.4 Å². The Kier molecular flexibility index (Phi) is 7.30. The normalized spacial score (nSPS) is 10.8. The number of nitrogens with zero attached hydrogens (tertiary/aromatic N) is 2. The molecule has 4 rings (SSSR count).